The van der Waals surface area contributed by atoms with Gasteiger partial charge in [0.25, 0.3) is 5.91 Å². The molecule has 0 saturated heterocycles. The number of anilines is 1. The number of hydrazone groups is 1. The summed E-state index contributed by atoms with van der Waals surface area (Å²) in [4.78, 5) is 12.0. The van der Waals surface area contributed by atoms with Crippen LogP contribution in [0.2, 0.25) is 0 Å². The van der Waals surface area contributed by atoms with Crippen LogP contribution in [0.25, 0.3) is 0 Å². The second kappa shape index (κ2) is 8.38. The lowest BCUT2D eigenvalue weighted by Gasteiger charge is -2.22. The van der Waals surface area contributed by atoms with Gasteiger partial charge in [0.05, 0.1) is 23.7 Å². The summed E-state index contributed by atoms with van der Waals surface area (Å²) in [6, 6.07) is 8.77. The van der Waals surface area contributed by atoms with Gasteiger partial charge in [-0.2, -0.15) is 18.3 Å². The number of carbonyl (C=O) groups is 1. The van der Waals surface area contributed by atoms with Gasteiger partial charge in [0.2, 0.25) is 10.0 Å². The number of nitrogens with one attached hydrogen (secondary N) is 1. The molecular weight excluding hydrogens is 402 g/mol. The molecule has 0 aromatic heterocycles. The number of carbonyl (C=O) groups excluding carboxylic acids is 1. The lowest BCUT2D eigenvalue weighted by atomic mass is 10.2. The van der Waals surface area contributed by atoms with E-state index in [9.17, 15) is 30.8 Å². The molecular formula is C17H15F4N3O3S. The highest BCUT2D eigenvalue weighted by Crippen LogP contribution is 2.32. The minimum Gasteiger partial charge on any atom is -0.271 e. The number of amides is 1. The number of nitrogens with zero attached hydrogens (tertiary/aromatic N) is 2. The van der Waals surface area contributed by atoms with Crippen LogP contribution in [0.5, 0.6) is 0 Å². The molecule has 0 unspecified atom stereocenters. The number of halogens is 4. The van der Waals surface area contributed by atoms with E-state index in [-0.39, 0.29) is 5.69 Å². The summed E-state index contributed by atoms with van der Waals surface area (Å²) >= 11 is 0. The smallest absolute Gasteiger partial charge is 0.271 e. The second-order valence-corrected chi connectivity index (χ2v) is 7.57. The number of benzene rings is 2. The van der Waals surface area contributed by atoms with Crippen LogP contribution in [0.4, 0.5) is 23.2 Å². The highest BCUT2D eigenvalue weighted by Gasteiger charge is 2.31. The fourth-order valence-corrected chi connectivity index (χ4v) is 2.98. The summed E-state index contributed by atoms with van der Waals surface area (Å²) in [5.74, 6) is -1.33. The highest BCUT2D eigenvalue weighted by atomic mass is 32.2. The lowest BCUT2D eigenvalue weighted by molar-refractivity contribution is -0.137. The van der Waals surface area contributed by atoms with Crippen molar-refractivity contribution >= 4 is 27.8 Å². The van der Waals surface area contributed by atoms with E-state index >= 15 is 0 Å². The number of sulfonamides is 1. The van der Waals surface area contributed by atoms with Gasteiger partial charge in [-0.1, -0.05) is 18.2 Å². The molecule has 0 fully saturated rings. The van der Waals surface area contributed by atoms with Crippen LogP contribution in [-0.4, -0.2) is 33.3 Å². The summed E-state index contributed by atoms with van der Waals surface area (Å²) in [5, 5.41) is 3.61. The standard InChI is InChI=1S/C17H15F4N3O3S/c1-28(26,27)24(15-4-2-3-13(9-15)17(19,20)21)11-16(25)23-22-10-12-5-7-14(18)8-6-12/h2-10H,11H2,1H3,(H,23,25)/b22-10-. The fraction of sp³-hybridized carbons (Fsp3) is 0.176. The molecule has 0 atom stereocenters. The zero-order valence-corrected chi connectivity index (χ0v) is 15.3. The Morgan fingerprint density at radius 3 is 2.39 bits per heavy atom. The van der Waals surface area contributed by atoms with Crippen molar-refractivity contribution in [3.05, 3.63) is 65.5 Å². The molecule has 11 heteroatoms. The molecule has 0 spiro atoms. The Hall–Kier alpha value is -2.95. The maximum atomic E-state index is 12.9. The normalized spacial score (nSPS) is 12.2. The van der Waals surface area contributed by atoms with Gasteiger partial charge in [-0.25, -0.2) is 18.2 Å². The van der Waals surface area contributed by atoms with E-state index in [0.717, 1.165) is 24.5 Å². The van der Waals surface area contributed by atoms with Gasteiger partial charge in [0.1, 0.15) is 12.4 Å². The van der Waals surface area contributed by atoms with E-state index in [1.165, 1.54) is 30.5 Å². The molecule has 6 nitrogen and oxygen atoms in total. The van der Waals surface area contributed by atoms with E-state index in [4.69, 9.17) is 0 Å². The largest absolute Gasteiger partial charge is 0.416 e. The van der Waals surface area contributed by atoms with Crippen molar-refractivity contribution in [3.8, 4) is 0 Å². The summed E-state index contributed by atoms with van der Waals surface area (Å²) in [6.07, 6.45) is -2.70. The van der Waals surface area contributed by atoms with E-state index in [0.29, 0.717) is 15.9 Å². The maximum Gasteiger partial charge on any atom is 0.416 e. The van der Waals surface area contributed by atoms with Crippen molar-refractivity contribution in [2.45, 2.75) is 6.18 Å². The van der Waals surface area contributed by atoms with E-state index in [1.807, 2.05) is 0 Å². The third kappa shape index (κ3) is 6.05. The molecule has 2 aromatic rings. The quantitative estimate of drug-likeness (QED) is 0.446. The first kappa shape index (κ1) is 21.4. The maximum absolute atomic E-state index is 12.9. The Morgan fingerprint density at radius 1 is 1.18 bits per heavy atom. The van der Waals surface area contributed by atoms with Crippen LogP contribution in [-0.2, 0) is 21.0 Å². The predicted molar refractivity (Wildman–Crippen MR) is 95.8 cm³/mol. The Bertz CT molecular complexity index is 974. The van der Waals surface area contributed by atoms with Gasteiger partial charge in [-0.05, 0) is 35.9 Å². The molecule has 0 radical (unpaired) electrons. The minimum atomic E-state index is -4.67. The molecule has 0 bridgehead atoms. The van der Waals surface area contributed by atoms with E-state index in [2.05, 4.69) is 10.5 Å². The predicted octanol–water partition coefficient (Wildman–Crippen LogP) is 2.76. The molecule has 0 heterocycles. The molecule has 0 aliphatic heterocycles. The van der Waals surface area contributed by atoms with Crippen molar-refractivity contribution in [3.63, 3.8) is 0 Å². The molecule has 28 heavy (non-hydrogen) atoms. The van der Waals surface area contributed by atoms with Crippen LogP contribution in [0.15, 0.2) is 53.6 Å². The third-order valence-electron chi connectivity index (χ3n) is 3.42. The molecule has 2 aromatic carbocycles. The summed E-state index contributed by atoms with van der Waals surface area (Å²) < 4.78 is 75.8. The number of alkyl halides is 3. The zero-order valence-electron chi connectivity index (χ0n) is 14.4. The van der Waals surface area contributed by atoms with Crippen molar-refractivity contribution < 1.29 is 30.8 Å². The summed E-state index contributed by atoms with van der Waals surface area (Å²) in [7, 11) is -4.05. The minimum absolute atomic E-state index is 0.310. The van der Waals surface area contributed by atoms with Gasteiger partial charge in [0, 0.05) is 0 Å². The zero-order chi connectivity index (χ0) is 20.9. The third-order valence-corrected chi connectivity index (χ3v) is 4.56. The average molecular weight is 417 g/mol. The van der Waals surface area contributed by atoms with Gasteiger partial charge in [-0.3, -0.25) is 9.10 Å². The Labute approximate surface area is 158 Å². The number of hydrogen-bond donors (Lipinski definition) is 1. The highest BCUT2D eigenvalue weighted by molar-refractivity contribution is 7.92. The first-order valence-electron chi connectivity index (χ1n) is 7.69. The lowest BCUT2D eigenvalue weighted by Crippen LogP contribution is -2.39. The Morgan fingerprint density at radius 2 is 1.82 bits per heavy atom. The van der Waals surface area contributed by atoms with Crippen molar-refractivity contribution in [1.82, 2.24) is 5.43 Å². The summed E-state index contributed by atoms with van der Waals surface area (Å²) in [6.45, 7) is -0.777. The first-order valence-corrected chi connectivity index (χ1v) is 9.54. The van der Waals surface area contributed by atoms with E-state index in [1.54, 1.807) is 0 Å². The molecule has 150 valence electrons. The monoisotopic (exact) mass is 417 g/mol. The molecule has 1 N–H and O–H groups in total. The molecule has 0 aliphatic rings. The molecule has 0 aliphatic carbocycles. The fourth-order valence-electron chi connectivity index (χ4n) is 2.13. The Kier molecular flexibility index (Phi) is 6.39. The van der Waals surface area contributed by atoms with Gasteiger partial charge in [0.15, 0.2) is 0 Å². The van der Waals surface area contributed by atoms with Gasteiger partial charge in [-0.15, -0.1) is 0 Å². The van der Waals surface area contributed by atoms with Gasteiger partial charge >= 0.3 is 6.18 Å². The van der Waals surface area contributed by atoms with Crippen molar-refractivity contribution in [2.75, 3.05) is 17.1 Å². The molecule has 1 amide bonds. The van der Waals surface area contributed by atoms with E-state index < -0.39 is 40.0 Å². The summed E-state index contributed by atoms with van der Waals surface area (Å²) in [5.41, 5.74) is 1.19. The topological polar surface area (TPSA) is 78.8 Å². The molecule has 2 rings (SSSR count). The van der Waals surface area contributed by atoms with Crippen molar-refractivity contribution in [1.29, 1.82) is 0 Å². The number of hydrogen-bond acceptors (Lipinski definition) is 4. The average Bonchev–Trinajstić information content (AvgIpc) is 2.60. The SMILES string of the molecule is CS(=O)(=O)N(CC(=O)N/N=C\c1ccc(F)cc1)c1cccc(C(F)(F)F)c1. The molecule has 0 saturated carbocycles. The van der Waals surface area contributed by atoms with Crippen LogP contribution in [0.3, 0.4) is 0 Å². The van der Waals surface area contributed by atoms with Crippen LogP contribution in [0, 0.1) is 5.82 Å². The van der Waals surface area contributed by atoms with Crippen LogP contribution < -0.4 is 9.73 Å². The van der Waals surface area contributed by atoms with Gasteiger partial charge < -0.3 is 0 Å². The number of rotatable bonds is 6. The van der Waals surface area contributed by atoms with Crippen molar-refractivity contribution in [2.24, 2.45) is 5.10 Å². The second-order valence-electron chi connectivity index (χ2n) is 5.66. The van der Waals surface area contributed by atoms with Crippen LogP contribution >= 0.6 is 0 Å². The Balaban J connectivity index is 2.14. The van der Waals surface area contributed by atoms with Crippen LogP contribution in [0.1, 0.15) is 11.1 Å². The first-order chi connectivity index (χ1) is 13.0.